The summed E-state index contributed by atoms with van der Waals surface area (Å²) in [4.78, 5) is 27.0. The van der Waals surface area contributed by atoms with Gasteiger partial charge in [0.15, 0.2) is 0 Å². The molecule has 2 aromatic rings. The average Bonchev–Trinajstić information content (AvgIpc) is 3.46. The highest BCUT2D eigenvalue weighted by Crippen LogP contribution is 2.31. The second-order valence-electron chi connectivity index (χ2n) is 8.64. The molecule has 0 radical (unpaired) electrons. The predicted molar refractivity (Wildman–Crippen MR) is 112 cm³/mol. The maximum absolute atomic E-state index is 11.4. The minimum atomic E-state index is -0.840. The topological polar surface area (TPSA) is 105 Å². The van der Waals surface area contributed by atoms with E-state index in [0.717, 1.165) is 56.9 Å². The predicted octanol–water partition coefficient (Wildman–Crippen LogP) is 4.44. The van der Waals surface area contributed by atoms with Crippen LogP contribution in [0, 0.1) is 5.92 Å². The van der Waals surface area contributed by atoms with Crippen LogP contribution in [0.2, 0.25) is 0 Å². The van der Waals surface area contributed by atoms with E-state index >= 15 is 0 Å². The first-order chi connectivity index (χ1) is 14.7. The Bertz CT molecular complexity index is 828. The van der Waals surface area contributed by atoms with Gasteiger partial charge in [0.25, 0.3) is 0 Å². The Morgan fingerprint density at radius 2 is 1.93 bits per heavy atom. The molecule has 1 aliphatic heterocycles. The lowest BCUT2D eigenvalue weighted by Crippen LogP contribution is -2.19. The molecular weight excluding hydrogens is 382 g/mol. The van der Waals surface area contributed by atoms with Crippen molar-refractivity contribution in [2.75, 3.05) is 18.0 Å². The summed E-state index contributed by atoms with van der Waals surface area (Å²) in [5.74, 6) is 1.28. The van der Waals surface area contributed by atoms with Gasteiger partial charge in [-0.05, 0) is 25.2 Å². The van der Waals surface area contributed by atoms with Crippen LogP contribution in [-0.4, -0.2) is 44.3 Å². The highest BCUT2D eigenvalue weighted by molar-refractivity contribution is 5.67. The van der Waals surface area contributed by atoms with Gasteiger partial charge in [-0.15, -0.1) is 0 Å². The molecule has 4 rings (SSSR count). The SMILES string of the molecule is O=C(O)C[C@@H](CCCC1CCCCC1)c1nc(-c2cncc(N3CCCC3)n2)no1. The molecule has 1 aliphatic carbocycles. The molecule has 8 heteroatoms. The first-order valence-corrected chi connectivity index (χ1v) is 11.3. The Hall–Kier alpha value is -2.51. The smallest absolute Gasteiger partial charge is 0.304 e. The third-order valence-corrected chi connectivity index (χ3v) is 6.38. The van der Waals surface area contributed by atoms with Crippen molar-refractivity contribution in [3.05, 3.63) is 18.3 Å². The van der Waals surface area contributed by atoms with Crippen molar-refractivity contribution in [1.82, 2.24) is 20.1 Å². The van der Waals surface area contributed by atoms with E-state index in [1.165, 1.54) is 32.1 Å². The number of aliphatic carboxylic acids is 1. The van der Waals surface area contributed by atoms with E-state index in [0.29, 0.717) is 17.4 Å². The van der Waals surface area contributed by atoms with Crippen molar-refractivity contribution in [2.24, 2.45) is 5.92 Å². The fourth-order valence-electron chi connectivity index (χ4n) is 4.72. The third kappa shape index (κ3) is 5.34. The lowest BCUT2D eigenvalue weighted by atomic mass is 9.84. The van der Waals surface area contributed by atoms with Gasteiger partial charge < -0.3 is 14.5 Å². The fraction of sp³-hybridized carbons (Fsp3) is 0.682. The van der Waals surface area contributed by atoms with Gasteiger partial charge in [0, 0.05) is 19.0 Å². The van der Waals surface area contributed by atoms with Crippen LogP contribution in [-0.2, 0) is 4.79 Å². The molecule has 0 aromatic carbocycles. The highest BCUT2D eigenvalue weighted by Gasteiger charge is 2.24. The zero-order chi connectivity index (χ0) is 20.8. The van der Waals surface area contributed by atoms with Crippen LogP contribution in [0.4, 0.5) is 5.82 Å². The largest absolute Gasteiger partial charge is 0.481 e. The lowest BCUT2D eigenvalue weighted by Gasteiger charge is -2.21. The number of anilines is 1. The molecule has 3 heterocycles. The zero-order valence-electron chi connectivity index (χ0n) is 17.5. The molecule has 8 nitrogen and oxygen atoms in total. The molecule has 2 aromatic heterocycles. The fourth-order valence-corrected chi connectivity index (χ4v) is 4.72. The van der Waals surface area contributed by atoms with Crippen LogP contribution in [0.25, 0.3) is 11.5 Å². The minimum Gasteiger partial charge on any atom is -0.481 e. The molecule has 0 bridgehead atoms. The molecule has 162 valence electrons. The molecule has 1 saturated heterocycles. The third-order valence-electron chi connectivity index (χ3n) is 6.38. The standard InChI is InChI=1S/C22H31N5O3/c28-20(29)13-17(10-6-9-16-7-2-1-3-8-16)22-25-21(26-30-22)18-14-23-15-19(24-18)27-11-4-5-12-27/h14-17H,1-13H2,(H,28,29)/t17-/m1/s1. The molecule has 2 fully saturated rings. The normalized spacial score (nSPS) is 18.6. The van der Waals surface area contributed by atoms with Crippen LogP contribution in [0.3, 0.4) is 0 Å². The molecule has 0 spiro atoms. The zero-order valence-corrected chi connectivity index (χ0v) is 17.5. The summed E-state index contributed by atoms with van der Waals surface area (Å²) >= 11 is 0. The number of rotatable bonds is 9. The summed E-state index contributed by atoms with van der Waals surface area (Å²) in [6.45, 7) is 1.97. The van der Waals surface area contributed by atoms with E-state index in [2.05, 4.69) is 25.0 Å². The van der Waals surface area contributed by atoms with E-state index in [-0.39, 0.29) is 12.3 Å². The van der Waals surface area contributed by atoms with E-state index < -0.39 is 5.97 Å². The number of carboxylic acid groups (broad SMARTS) is 1. The Morgan fingerprint density at radius 3 is 2.70 bits per heavy atom. The molecule has 0 amide bonds. The van der Waals surface area contributed by atoms with Gasteiger partial charge in [-0.25, -0.2) is 4.98 Å². The van der Waals surface area contributed by atoms with Crippen LogP contribution in [0.15, 0.2) is 16.9 Å². The quantitative estimate of drug-likeness (QED) is 0.643. The lowest BCUT2D eigenvalue weighted by molar-refractivity contribution is -0.137. The summed E-state index contributed by atoms with van der Waals surface area (Å²) in [5.41, 5.74) is 0.561. The van der Waals surface area contributed by atoms with E-state index in [1.54, 1.807) is 12.4 Å². The summed E-state index contributed by atoms with van der Waals surface area (Å²) in [7, 11) is 0. The Labute approximate surface area is 177 Å². The molecule has 30 heavy (non-hydrogen) atoms. The van der Waals surface area contributed by atoms with E-state index in [4.69, 9.17) is 4.52 Å². The van der Waals surface area contributed by atoms with Gasteiger partial charge in [0.2, 0.25) is 11.7 Å². The summed E-state index contributed by atoms with van der Waals surface area (Å²) in [5, 5.41) is 13.4. The average molecular weight is 414 g/mol. The van der Waals surface area contributed by atoms with Crippen molar-refractivity contribution in [1.29, 1.82) is 0 Å². The monoisotopic (exact) mass is 413 g/mol. The van der Waals surface area contributed by atoms with Crippen LogP contribution in [0.1, 0.15) is 82.4 Å². The van der Waals surface area contributed by atoms with Gasteiger partial charge >= 0.3 is 5.97 Å². The highest BCUT2D eigenvalue weighted by atomic mass is 16.5. The molecule has 0 unspecified atom stereocenters. The number of carboxylic acids is 1. The Kier molecular flexibility index (Phi) is 6.92. The number of hydrogen-bond donors (Lipinski definition) is 1. The van der Waals surface area contributed by atoms with E-state index in [1.807, 2.05) is 0 Å². The second-order valence-corrected chi connectivity index (χ2v) is 8.64. The first kappa shape index (κ1) is 20.8. The summed E-state index contributed by atoms with van der Waals surface area (Å²) in [6.07, 6.45) is 15.2. The number of aromatic nitrogens is 4. The van der Waals surface area contributed by atoms with Gasteiger partial charge in [-0.1, -0.05) is 50.1 Å². The molecule has 2 aliphatic rings. The summed E-state index contributed by atoms with van der Waals surface area (Å²) in [6, 6.07) is 0. The maximum Gasteiger partial charge on any atom is 0.304 e. The Balaban J connectivity index is 1.42. The van der Waals surface area contributed by atoms with Crippen molar-refractivity contribution >= 4 is 11.8 Å². The van der Waals surface area contributed by atoms with Crippen molar-refractivity contribution in [3.63, 3.8) is 0 Å². The van der Waals surface area contributed by atoms with Crippen molar-refractivity contribution in [2.45, 2.75) is 76.5 Å². The number of hydrogen-bond acceptors (Lipinski definition) is 7. The molecule has 1 N–H and O–H groups in total. The molecule has 1 saturated carbocycles. The van der Waals surface area contributed by atoms with Gasteiger partial charge in [-0.3, -0.25) is 9.78 Å². The van der Waals surface area contributed by atoms with E-state index in [9.17, 15) is 9.90 Å². The maximum atomic E-state index is 11.4. The molecule has 1 atom stereocenters. The van der Waals surface area contributed by atoms with Gasteiger partial charge in [0.1, 0.15) is 11.5 Å². The van der Waals surface area contributed by atoms with Crippen molar-refractivity contribution < 1.29 is 14.4 Å². The van der Waals surface area contributed by atoms with Crippen LogP contribution in [0.5, 0.6) is 0 Å². The van der Waals surface area contributed by atoms with Crippen LogP contribution < -0.4 is 4.90 Å². The minimum absolute atomic E-state index is 0.00575. The Morgan fingerprint density at radius 1 is 1.13 bits per heavy atom. The molecular formula is C22H31N5O3. The summed E-state index contributed by atoms with van der Waals surface area (Å²) < 4.78 is 5.48. The second kappa shape index (κ2) is 10.00. The van der Waals surface area contributed by atoms with Gasteiger partial charge in [-0.2, -0.15) is 4.98 Å². The van der Waals surface area contributed by atoms with Crippen LogP contribution >= 0.6 is 0 Å². The number of carbonyl (C=O) groups is 1. The van der Waals surface area contributed by atoms with Gasteiger partial charge in [0.05, 0.1) is 18.8 Å². The first-order valence-electron chi connectivity index (χ1n) is 11.3. The van der Waals surface area contributed by atoms with Crippen molar-refractivity contribution in [3.8, 4) is 11.5 Å². The number of nitrogens with zero attached hydrogens (tertiary/aromatic N) is 5.